The summed E-state index contributed by atoms with van der Waals surface area (Å²) in [6.07, 6.45) is 3.59. The smallest absolute Gasteiger partial charge is 0.234 e. The second kappa shape index (κ2) is 7.92. The summed E-state index contributed by atoms with van der Waals surface area (Å²) >= 11 is 0. The summed E-state index contributed by atoms with van der Waals surface area (Å²) in [6.45, 7) is 0.473. The standard InChI is InChI=1S/C23H19FN4O4/c1-31-14-4-2-13(3-5-14)10-28-12-25-22(27-28)17-9-20-16(8-19(17)24)18(11-32-20)15-6-7-21(29)26-23(15)30/h2-5,8-9,11-12,15H,6-7,10H2,1H3,(H,26,29,30). The SMILES string of the molecule is COc1ccc(Cn2cnc(-c3cc4occ(C5CCC(=O)NC5=O)c4cc3F)n2)cc1. The quantitative estimate of drug-likeness (QED) is 0.484. The van der Waals surface area contributed by atoms with Crippen molar-refractivity contribution >= 4 is 22.8 Å². The van der Waals surface area contributed by atoms with Gasteiger partial charge in [0, 0.05) is 17.4 Å². The number of rotatable bonds is 5. The number of piperidine rings is 1. The van der Waals surface area contributed by atoms with Crippen LogP contribution in [0, 0.1) is 5.82 Å². The number of methoxy groups -OCH3 is 1. The van der Waals surface area contributed by atoms with Crippen molar-refractivity contribution in [2.75, 3.05) is 7.11 Å². The van der Waals surface area contributed by atoms with Crippen molar-refractivity contribution in [3.8, 4) is 17.1 Å². The highest BCUT2D eigenvalue weighted by Crippen LogP contribution is 2.35. The third kappa shape index (κ3) is 3.62. The third-order valence-electron chi connectivity index (χ3n) is 5.59. The molecule has 8 nitrogen and oxygen atoms in total. The maximum atomic E-state index is 15.0. The summed E-state index contributed by atoms with van der Waals surface area (Å²) in [5, 5.41) is 7.21. The van der Waals surface area contributed by atoms with Crippen LogP contribution in [-0.2, 0) is 16.1 Å². The van der Waals surface area contributed by atoms with Crippen LogP contribution in [0.15, 0.2) is 53.4 Å². The fourth-order valence-corrected chi connectivity index (χ4v) is 3.91. The third-order valence-corrected chi connectivity index (χ3v) is 5.59. The molecular formula is C23H19FN4O4. The topological polar surface area (TPSA) is 99.2 Å². The number of furan rings is 1. The highest BCUT2D eigenvalue weighted by molar-refractivity contribution is 6.02. The molecule has 2 aromatic heterocycles. The second-order valence-electron chi connectivity index (χ2n) is 7.64. The maximum absolute atomic E-state index is 15.0. The van der Waals surface area contributed by atoms with E-state index in [1.807, 2.05) is 24.3 Å². The molecule has 1 aliphatic heterocycles. The highest BCUT2D eigenvalue weighted by Gasteiger charge is 2.31. The number of ether oxygens (including phenoxy) is 1. The first-order chi connectivity index (χ1) is 15.5. The van der Waals surface area contributed by atoms with Crippen LogP contribution in [-0.4, -0.2) is 33.7 Å². The lowest BCUT2D eigenvalue weighted by Crippen LogP contribution is -2.39. The first-order valence-corrected chi connectivity index (χ1v) is 10.1. The van der Waals surface area contributed by atoms with E-state index in [1.54, 1.807) is 18.1 Å². The maximum Gasteiger partial charge on any atom is 0.234 e. The van der Waals surface area contributed by atoms with Gasteiger partial charge in [0.2, 0.25) is 11.8 Å². The molecule has 3 heterocycles. The van der Waals surface area contributed by atoms with Gasteiger partial charge < -0.3 is 9.15 Å². The lowest BCUT2D eigenvalue weighted by molar-refractivity contribution is -0.134. The van der Waals surface area contributed by atoms with Gasteiger partial charge in [-0.15, -0.1) is 0 Å². The first-order valence-electron chi connectivity index (χ1n) is 10.1. The Balaban J connectivity index is 1.42. The van der Waals surface area contributed by atoms with Gasteiger partial charge in [-0.05, 0) is 36.2 Å². The van der Waals surface area contributed by atoms with Crippen LogP contribution >= 0.6 is 0 Å². The van der Waals surface area contributed by atoms with Gasteiger partial charge in [-0.2, -0.15) is 5.10 Å². The van der Waals surface area contributed by atoms with Crippen LogP contribution in [0.1, 0.15) is 29.9 Å². The summed E-state index contributed by atoms with van der Waals surface area (Å²) in [5.41, 5.74) is 2.19. The number of imide groups is 1. The Hall–Kier alpha value is -4.01. The zero-order valence-electron chi connectivity index (χ0n) is 17.2. The zero-order chi connectivity index (χ0) is 22.2. The Bertz CT molecular complexity index is 1330. The van der Waals surface area contributed by atoms with Crippen molar-refractivity contribution in [2.24, 2.45) is 0 Å². The molecule has 0 aliphatic carbocycles. The van der Waals surface area contributed by atoms with Gasteiger partial charge >= 0.3 is 0 Å². The van der Waals surface area contributed by atoms with Gasteiger partial charge in [0.15, 0.2) is 5.82 Å². The Morgan fingerprint density at radius 1 is 1.25 bits per heavy atom. The van der Waals surface area contributed by atoms with Crippen LogP contribution < -0.4 is 10.1 Å². The van der Waals surface area contributed by atoms with E-state index in [0.717, 1.165) is 11.3 Å². The predicted molar refractivity (Wildman–Crippen MR) is 112 cm³/mol. The average Bonchev–Trinajstić information content (AvgIpc) is 3.41. The van der Waals surface area contributed by atoms with Crippen molar-refractivity contribution in [1.82, 2.24) is 20.1 Å². The van der Waals surface area contributed by atoms with Gasteiger partial charge in [-0.3, -0.25) is 14.9 Å². The fourth-order valence-electron chi connectivity index (χ4n) is 3.91. The number of amides is 2. The predicted octanol–water partition coefficient (Wildman–Crippen LogP) is 3.41. The summed E-state index contributed by atoms with van der Waals surface area (Å²) in [7, 11) is 1.61. The average molecular weight is 434 g/mol. The number of carbonyl (C=O) groups is 2. The minimum atomic E-state index is -0.555. The number of nitrogens with zero attached hydrogens (tertiary/aromatic N) is 3. The van der Waals surface area contributed by atoms with Crippen molar-refractivity contribution in [3.05, 3.63) is 65.9 Å². The van der Waals surface area contributed by atoms with Crippen molar-refractivity contribution < 1.29 is 23.1 Å². The van der Waals surface area contributed by atoms with Gasteiger partial charge in [-0.1, -0.05) is 12.1 Å². The minimum absolute atomic E-state index is 0.204. The lowest BCUT2D eigenvalue weighted by atomic mass is 9.90. The van der Waals surface area contributed by atoms with Crippen molar-refractivity contribution in [1.29, 1.82) is 0 Å². The van der Waals surface area contributed by atoms with Crippen LogP contribution in [0.5, 0.6) is 5.75 Å². The van der Waals surface area contributed by atoms with Gasteiger partial charge in [0.05, 0.1) is 31.4 Å². The van der Waals surface area contributed by atoms with Crippen LogP contribution in [0.25, 0.3) is 22.4 Å². The Kier molecular flexibility index (Phi) is 4.93. The summed E-state index contributed by atoms with van der Waals surface area (Å²) in [6, 6.07) is 10.4. The molecule has 4 aromatic rings. The molecule has 0 bridgehead atoms. The van der Waals surface area contributed by atoms with E-state index >= 15 is 4.39 Å². The molecule has 2 amide bonds. The molecule has 2 aromatic carbocycles. The molecule has 5 rings (SSSR count). The number of hydrogen-bond donors (Lipinski definition) is 1. The number of carbonyl (C=O) groups excluding carboxylic acids is 2. The van der Waals surface area contributed by atoms with Crippen LogP contribution in [0.3, 0.4) is 0 Å². The van der Waals surface area contributed by atoms with E-state index in [4.69, 9.17) is 9.15 Å². The molecule has 9 heteroatoms. The van der Waals surface area contributed by atoms with E-state index < -0.39 is 17.6 Å². The number of halogens is 1. The number of nitrogens with one attached hydrogen (secondary N) is 1. The van der Waals surface area contributed by atoms with Gasteiger partial charge in [-0.25, -0.2) is 14.1 Å². The molecule has 1 unspecified atom stereocenters. The molecule has 1 atom stereocenters. The highest BCUT2D eigenvalue weighted by atomic mass is 19.1. The Morgan fingerprint density at radius 3 is 2.81 bits per heavy atom. The van der Waals surface area contributed by atoms with E-state index in [0.29, 0.717) is 29.5 Å². The molecule has 162 valence electrons. The number of aromatic nitrogens is 3. The molecule has 1 fully saturated rings. The van der Waals surface area contributed by atoms with E-state index in [9.17, 15) is 9.59 Å². The normalized spacial score (nSPS) is 16.4. The van der Waals surface area contributed by atoms with Crippen molar-refractivity contribution in [2.45, 2.75) is 25.3 Å². The van der Waals surface area contributed by atoms with Crippen LogP contribution in [0.4, 0.5) is 4.39 Å². The summed E-state index contributed by atoms with van der Waals surface area (Å²) in [5.74, 6) is -0.776. The summed E-state index contributed by atoms with van der Waals surface area (Å²) < 4.78 is 27.4. The van der Waals surface area contributed by atoms with Crippen LogP contribution in [0.2, 0.25) is 0 Å². The molecule has 0 spiro atoms. The second-order valence-corrected chi connectivity index (χ2v) is 7.64. The Labute approximate surface area is 182 Å². The van der Waals surface area contributed by atoms with E-state index in [2.05, 4.69) is 15.4 Å². The summed E-state index contributed by atoms with van der Waals surface area (Å²) in [4.78, 5) is 27.9. The van der Waals surface area contributed by atoms with Crippen molar-refractivity contribution in [3.63, 3.8) is 0 Å². The lowest BCUT2D eigenvalue weighted by Gasteiger charge is -2.19. The molecule has 0 saturated carbocycles. The first kappa shape index (κ1) is 19.9. The minimum Gasteiger partial charge on any atom is -0.497 e. The fraction of sp³-hybridized carbons (Fsp3) is 0.217. The molecule has 1 N–H and O–H groups in total. The van der Waals surface area contributed by atoms with Gasteiger partial charge in [0.1, 0.15) is 23.5 Å². The number of benzene rings is 2. The van der Waals surface area contributed by atoms with E-state index in [1.165, 1.54) is 18.4 Å². The molecular weight excluding hydrogens is 415 g/mol. The molecule has 0 radical (unpaired) electrons. The molecule has 1 aliphatic rings. The van der Waals surface area contributed by atoms with E-state index in [-0.39, 0.29) is 23.7 Å². The number of hydrogen-bond acceptors (Lipinski definition) is 6. The monoisotopic (exact) mass is 434 g/mol. The Morgan fingerprint density at radius 2 is 2.06 bits per heavy atom. The molecule has 32 heavy (non-hydrogen) atoms. The largest absolute Gasteiger partial charge is 0.497 e. The zero-order valence-corrected chi connectivity index (χ0v) is 17.2. The van der Waals surface area contributed by atoms with Gasteiger partial charge in [0.25, 0.3) is 0 Å². The molecule has 1 saturated heterocycles. The number of fused-ring (bicyclic) bond motifs is 1.